The lowest BCUT2D eigenvalue weighted by Crippen LogP contribution is -2.25. The molecule has 4 nitrogen and oxygen atoms in total. The van der Waals surface area contributed by atoms with Crippen molar-refractivity contribution in [2.45, 2.75) is 27.7 Å². The first-order chi connectivity index (χ1) is 13.5. The van der Waals surface area contributed by atoms with Gasteiger partial charge in [0.1, 0.15) is 11.6 Å². The quantitative estimate of drug-likeness (QED) is 0.566. The van der Waals surface area contributed by atoms with E-state index in [0.717, 1.165) is 34.0 Å². The lowest BCUT2D eigenvalue weighted by atomic mass is 10.1. The molecule has 0 fully saturated rings. The van der Waals surface area contributed by atoms with E-state index in [1.54, 1.807) is 13.0 Å². The average Bonchev–Trinajstić information content (AvgIpc) is 2.67. The van der Waals surface area contributed by atoms with Crippen LogP contribution in [0.5, 0.6) is 0 Å². The third-order valence-corrected chi connectivity index (χ3v) is 4.48. The Labute approximate surface area is 166 Å². The van der Waals surface area contributed by atoms with E-state index in [-0.39, 0.29) is 5.78 Å². The molecule has 28 heavy (non-hydrogen) atoms. The molecule has 0 atom stereocenters. The van der Waals surface area contributed by atoms with Gasteiger partial charge in [-0.1, -0.05) is 42.5 Å². The second-order valence-electron chi connectivity index (χ2n) is 6.83. The summed E-state index contributed by atoms with van der Waals surface area (Å²) in [5.41, 5.74) is 4.97. The minimum atomic E-state index is -0.0409. The predicted octanol–water partition coefficient (Wildman–Crippen LogP) is 5.69. The van der Waals surface area contributed by atoms with Crippen LogP contribution in [-0.4, -0.2) is 10.8 Å². The summed E-state index contributed by atoms with van der Waals surface area (Å²) in [4.78, 5) is 18.9. The van der Waals surface area contributed by atoms with Crippen LogP contribution < -0.4 is 10.2 Å². The van der Waals surface area contributed by atoms with Gasteiger partial charge in [-0.05, 0) is 63.1 Å². The number of ketones is 1. The number of nitrogens with zero attached hydrogens (tertiary/aromatic N) is 2. The Morgan fingerprint density at radius 3 is 2.14 bits per heavy atom. The van der Waals surface area contributed by atoms with Gasteiger partial charge in [0.2, 0.25) is 0 Å². The summed E-state index contributed by atoms with van der Waals surface area (Å²) in [5, 5.41) is 3.39. The molecule has 0 radical (unpaired) electrons. The third kappa shape index (κ3) is 4.46. The highest BCUT2D eigenvalue weighted by Crippen LogP contribution is 2.32. The van der Waals surface area contributed by atoms with Crippen molar-refractivity contribution in [1.82, 2.24) is 4.98 Å². The van der Waals surface area contributed by atoms with Crippen LogP contribution in [0, 0.1) is 20.8 Å². The fourth-order valence-electron chi connectivity index (χ4n) is 3.03. The van der Waals surface area contributed by atoms with E-state index in [4.69, 9.17) is 4.98 Å². The van der Waals surface area contributed by atoms with Crippen molar-refractivity contribution >= 4 is 23.0 Å². The summed E-state index contributed by atoms with van der Waals surface area (Å²) < 4.78 is 0. The van der Waals surface area contributed by atoms with Crippen molar-refractivity contribution in [2.75, 3.05) is 10.2 Å². The molecule has 0 unspecified atom stereocenters. The molecule has 1 N–H and O–H groups in total. The zero-order chi connectivity index (χ0) is 20.1. The van der Waals surface area contributed by atoms with Gasteiger partial charge < -0.3 is 5.32 Å². The maximum absolute atomic E-state index is 12.1. The summed E-state index contributed by atoms with van der Waals surface area (Å²) >= 11 is 0. The highest BCUT2D eigenvalue weighted by atomic mass is 16.1. The molecule has 0 aliphatic rings. The Hall–Kier alpha value is -3.40. The van der Waals surface area contributed by atoms with Gasteiger partial charge in [0, 0.05) is 23.1 Å². The summed E-state index contributed by atoms with van der Waals surface area (Å²) in [6.07, 6.45) is 1.61. The van der Waals surface area contributed by atoms with Crippen molar-refractivity contribution in [3.05, 3.63) is 95.4 Å². The van der Waals surface area contributed by atoms with Crippen molar-refractivity contribution in [1.29, 1.82) is 0 Å². The number of nitrogens with one attached hydrogen (secondary N) is 1. The largest absolute Gasteiger partial charge is 0.341 e. The zero-order valence-corrected chi connectivity index (χ0v) is 16.7. The Bertz CT molecular complexity index is 995. The van der Waals surface area contributed by atoms with E-state index in [9.17, 15) is 4.79 Å². The third-order valence-electron chi connectivity index (χ3n) is 4.48. The van der Waals surface area contributed by atoms with Crippen LogP contribution in [-0.2, 0) is 4.79 Å². The fourth-order valence-corrected chi connectivity index (χ4v) is 3.03. The fraction of sp³-hybridized carbons (Fsp3) is 0.167. The Morgan fingerprint density at radius 1 is 0.929 bits per heavy atom. The summed E-state index contributed by atoms with van der Waals surface area (Å²) in [5.74, 6) is 1.41. The predicted molar refractivity (Wildman–Crippen MR) is 116 cm³/mol. The van der Waals surface area contributed by atoms with Gasteiger partial charge in [0.25, 0.3) is 0 Å². The van der Waals surface area contributed by atoms with Crippen LogP contribution in [0.1, 0.15) is 23.7 Å². The highest BCUT2D eigenvalue weighted by Gasteiger charge is 2.20. The first-order valence-corrected chi connectivity index (χ1v) is 9.30. The Kier molecular flexibility index (Phi) is 5.90. The van der Waals surface area contributed by atoms with Gasteiger partial charge in [-0.3, -0.25) is 9.69 Å². The van der Waals surface area contributed by atoms with Gasteiger partial charge in [-0.25, -0.2) is 4.98 Å². The molecule has 0 amide bonds. The van der Waals surface area contributed by atoms with Crippen LogP contribution in [0.4, 0.5) is 17.2 Å². The molecule has 1 heterocycles. The molecule has 0 bridgehead atoms. The molecule has 3 rings (SSSR count). The zero-order valence-electron chi connectivity index (χ0n) is 16.7. The van der Waals surface area contributed by atoms with Gasteiger partial charge in [0.05, 0.1) is 0 Å². The molecule has 4 heteroatoms. The van der Waals surface area contributed by atoms with Crippen LogP contribution >= 0.6 is 0 Å². The molecule has 0 spiro atoms. The molecule has 0 aliphatic heterocycles. The molecule has 0 aliphatic carbocycles. The lowest BCUT2D eigenvalue weighted by molar-refractivity contribution is -0.112. The number of hydrogen-bond donors (Lipinski definition) is 1. The molecule has 3 aromatic rings. The first-order valence-electron chi connectivity index (χ1n) is 9.30. The standard InChI is InChI=1S/C24H25N3O/c1-17-15-18(2)24(25-20(17)4)27(22-13-9-6-10-14-22)23(16-19(3)28)26-21-11-7-5-8-12-21/h5-16,26H,1-4H3/b23-16-. The minimum Gasteiger partial charge on any atom is -0.341 e. The first kappa shape index (κ1) is 19.4. The summed E-state index contributed by atoms with van der Waals surface area (Å²) in [7, 11) is 0. The second kappa shape index (κ2) is 8.53. The minimum absolute atomic E-state index is 0.0409. The molecule has 0 saturated carbocycles. The molecular formula is C24H25N3O. The lowest BCUT2D eigenvalue weighted by Gasteiger charge is -2.29. The van der Waals surface area contributed by atoms with Crippen molar-refractivity contribution < 1.29 is 4.79 Å². The van der Waals surface area contributed by atoms with Gasteiger partial charge >= 0.3 is 0 Å². The Morgan fingerprint density at radius 2 is 1.54 bits per heavy atom. The van der Waals surface area contributed by atoms with E-state index >= 15 is 0 Å². The number of hydrogen-bond acceptors (Lipinski definition) is 4. The number of allylic oxidation sites excluding steroid dienone is 1. The maximum Gasteiger partial charge on any atom is 0.156 e. The summed E-state index contributed by atoms with van der Waals surface area (Å²) in [6, 6.07) is 21.9. The molecule has 0 saturated heterocycles. The number of para-hydroxylation sites is 2. The molecular weight excluding hydrogens is 346 g/mol. The number of carbonyl (C=O) groups is 1. The van der Waals surface area contributed by atoms with E-state index in [1.807, 2.05) is 79.4 Å². The van der Waals surface area contributed by atoms with E-state index in [2.05, 4.69) is 18.3 Å². The van der Waals surface area contributed by atoms with E-state index in [1.165, 1.54) is 0 Å². The molecule has 2 aromatic carbocycles. The number of benzene rings is 2. The molecule has 1 aromatic heterocycles. The van der Waals surface area contributed by atoms with Gasteiger partial charge in [-0.2, -0.15) is 0 Å². The highest BCUT2D eigenvalue weighted by molar-refractivity contribution is 5.90. The number of carbonyl (C=O) groups excluding carboxylic acids is 1. The van der Waals surface area contributed by atoms with Crippen LogP contribution in [0.3, 0.4) is 0 Å². The normalized spacial score (nSPS) is 11.2. The number of anilines is 3. The monoisotopic (exact) mass is 371 g/mol. The number of aryl methyl sites for hydroxylation is 3. The van der Waals surface area contributed by atoms with Crippen molar-refractivity contribution in [2.24, 2.45) is 0 Å². The smallest absolute Gasteiger partial charge is 0.156 e. The van der Waals surface area contributed by atoms with Crippen LogP contribution in [0.15, 0.2) is 78.6 Å². The van der Waals surface area contributed by atoms with E-state index in [0.29, 0.717) is 5.82 Å². The van der Waals surface area contributed by atoms with Crippen LogP contribution in [0.2, 0.25) is 0 Å². The van der Waals surface area contributed by atoms with Gasteiger partial charge in [0.15, 0.2) is 5.78 Å². The SMILES string of the molecule is CC(=O)/C=C(/Nc1ccccc1)N(c1ccccc1)c1nc(C)c(C)cc1C. The van der Waals surface area contributed by atoms with Gasteiger partial charge in [-0.15, -0.1) is 0 Å². The van der Waals surface area contributed by atoms with Crippen LogP contribution in [0.25, 0.3) is 0 Å². The Balaban J connectivity index is 2.19. The molecule has 142 valence electrons. The van der Waals surface area contributed by atoms with E-state index < -0.39 is 0 Å². The van der Waals surface area contributed by atoms with Crippen molar-refractivity contribution in [3.63, 3.8) is 0 Å². The topological polar surface area (TPSA) is 45.2 Å². The number of aromatic nitrogens is 1. The number of pyridine rings is 1. The second-order valence-corrected chi connectivity index (χ2v) is 6.83. The summed E-state index contributed by atoms with van der Waals surface area (Å²) in [6.45, 7) is 7.65. The number of rotatable bonds is 6. The maximum atomic E-state index is 12.1. The van der Waals surface area contributed by atoms with Crippen molar-refractivity contribution in [3.8, 4) is 0 Å². The average molecular weight is 371 g/mol.